The summed E-state index contributed by atoms with van der Waals surface area (Å²) in [6.45, 7) is 4.81. The van der Waals surface area contributed by atoms with E-state index in [-0.39, 0.29) is 11.7 Å². The van der Waals surface area contributed by atoms with Gasteiger partial charge < -0.3 is 19.4 Å². The minimum Gasteiger partial charge on any atom is -0.493 e. The normalized spacial score (nSPS) is 10.7. The fourth-order valence-corrected chi connectivity index (χ4v) is 4.24. The quantitative estimate of drug-likeness (QED) is 0.309. The van der Waals surface area contributed by atoms with E-state index in [0.717, 1.165) is 22.1 Å². The zero-order valence-electron chi connectivity index (χ0n) is 19.3. The minimum atomic E-state index is -0.119. The van der Waals surface area contributed by atoms with Crippen LogP contribution in [-0.2, 0) is 11.3 Å². The molecule has 0 atom stereocenters. The first-order valence-corrected chi connectivity index (χ1v) is 11.9. The summed E-state index contributed by atoms with van der Waals surface area (Å²) in [4.78, 5) is 12.5. The molecule has 0 aliphatic carbocycles. The predicted molar refractivity (Wildman–Crippen MR) is 135 cm³/mol. The molecule has 1 amide bonds. The van der Waals surface area contributed by atoms with E-state index in [1.54, 1.807) is 31.4 Å². The molecular weight excluding hydrogens is 448 g/mol. The van der Waals surface area contributed by atoms with Gasteiger partial charge in [0.25, 0.3) is 0 Å². The number of carbonyl (C=O) groups is 1. The summed E-state index contributed by atoms with van der Waals surface area (Å²) in [6.07, 6.45) is 0. The highest BCUT2D eigenvalue weighted by Gasteiger charge is 2.15. The van der Waals surface area contributed by atoms with Crippen LogP contribution in [0.4, 0.5) is 5.69 Å². The first-order valence-electron chi connectivity index (χ1n) is 10.9. The van der Waals surface area contributed by atoms with Crippen LogP contribution < -0.4 is 14.8 Å². The van der Waals surface area contributed by atoms with Crippen molar-refractivity contribution in [2.45, 2.75) is 25.5 Å². The summed E-state index contributed by atoms with van der Waals surface area (Å²) >= 11 is 1.37. The first kappa shape index (κ1) is 23.4. The molecule has 4 aromatic rings. The Bertz CT molecular complexity index is 1270. The molecule has 4 rings (SSSR count). The van der Waals surface area contributed by atoms with Gasteiger partial charge in [-0.3, -0.25) is 4.79 Å². The summed E-state index contributed by atoms with van der Waals surface area (Å²) in [6, 6.07) is 22.8. The molecule has 0 saturated carbocycles. The Morgan fingerprint density at radius 2 is 1.76 bits per heavy atom. The van der Waals surface area contributed by atoms with Crippen LogP contribution in [0.3, 0.4) is 0 Å². The summed E-state index contributed by atoms with van der Waals surface area (Å²) in [5, 5.41) is 12.3. The van der Waals surface area contributed by atoms with Gasteiger partial charge in [0, 0.05) is 17.8 Å². The molecule has 34 heavy (non-hydrogen) atoms. The van der Waals surface area contributed by atoms with Crippen molar-refractivity contribution in [3.63, 3.8) is 0 Å². The predicted octanol–water partition coefficient (Wildman–Crippen LogP) is 5.81. The molecule has 0 unspecified atom stereocenters. The number of amides is 1. The lowest BCUT2D eigenvalue weighted by atomic mass is 10.1. The van der Waals surface area contributed by atoms with Gasteiger partial charge in [0.05, 0.1) is 12.9 Å². The highest BCUT2D eigenvalue weighted by molar-refractivity contribution is 7.99. The van der Waals surface area contributed by atoms with Gasteiger partial charge >= 0.3 is 0 Å². The van der Waals surface area contributed by atoms with Crippen molar-refractivity contribution in [1.29, 1.82) is 0 Å². The topological polar surface area (TPSA) is 78.3 Å². The van der Waals surface area contributed by atoms with E-state index in [1.165, 1.54) is 11.8 Å². The maximum atomic E-state index is 12.5. The molecule has 174 valence electrons. The van der Waals surface area contributed by atoms with Crippen molar-refractivity contribution in [1.82, 2.24) is 14.8 Å². The third-order valence-corrected chi connectivity index (χ3v) is 6.04. The zero-order valence-corrected chi connectivity index (χ0v) is 20.1. The number of hydrogen-bond donors (Lipinski definition) is 1. The maximum absolute atomic E-state index is 12.5. The molecule has 1 N–H and O–H groups in total. The van der Waals surface area contributed by atoms with Gasteiger partial charge in [-0.15, -0.1) is 10.2 Å². The van der Waals surface area contributed by atoms with Crippen LogP contribution in [0, 0.1) is 6.92 Å². The Balaban J connectivity index is 1.35. The maximum Gasteiger partial charge on any atom is 0.234 e. The highest BCUT2D eigenvalue weighted by Crippen LogP contribution is 2.31. The van der Waals surface area contributed by atoms with E-state index < -0.39 is 0 Å². The SMILES string of the molecule is CCn1c(SCC(=O)Nc2ccc(Oc3ccccc3OC)cc2)nnc1-c1cccc(C)c1. The van der Waals surface area contributed by atoms with Gasteiger partial charge in [-0.2, -0.15) is 0 Å². The van der Waals surface area contributed by atoms with Crippen LogP contribution >= 0.6 is 11.8 Å². The Morgan fingerprint density at radius 3 is 2.47 bits per heavy atom. The monoisotopic (exact) mass is 474 g/mol. The third kappa shape index (κ3) is 5.58. The second-order valence-electron chi connectivity index (χ2n) is 7.53. The number of thioether (sulfide) groups is 1. The number of anilines is 1. The van der Waals surface area contributed by atoms with Crippen LogP contribution in [0.5, 0.6) is 17.2 Å². The van der Waals surface area contributed by atoms with Gasteiger partial charge in [-0.1, -0.05) is 47.7 Å². The second-order valence-corrected chi connectivity index (χ2v) is 8.48. The number of aryl methyl sites for hydroxylation is 1. The molecule has 0 bridgehead atoms. The third-order valence-electron chi connectivity index (χ3n) is 5.08. The Hall–Kier alpha value is -3.78. The van der Waals surface area contributed by atoms with Crippen molar-refractivity contribution < 1.29 is 14.3 Å². The molecule has 7 nitrogen and oxygen atoms in total. The standard InChI is InChI=1S/C26H26N4O3S/c1-4-30-25(19-9-7-8-18(2)16-19)28-29-26(30)34-17-24(31)27-20-12-14-21(15-13-20)33-23-11-6-5-10-22(23)32-3/h5-16H,4,17H2,1-3H3,(H,27,31). The summed E-state index contributed by atoms with van der Waals surface area (Å²) in [7, 11) is 1.60. The van der Waals surface area contributed by atoms with Crippen LogP contribution in [0.15, 0.2) is 78.0 Å². The van der Waals surface area contributed by atoms with E-state index in [1.807, 2.05) is 60.9 Å². The number of nitrogens with zero attached hydrogens (tertiary/aromatic N) is 3. The molecule has 1 aromatic heterocycles. The molecule has 1 heterocycles. The van der Waals surface area contributed by atoms with Crippen molar-refractivity contribution >= 4 is 23.4 Å². The average Bonchev–Trinajstić information content (AvgIpc) is 3.27. The number of ether oxygens (including phenoxy) is 2. The van der Waals surface area contributed by atoms with E-state index in [0.29, 0.717) is 29.5 Å². The molecule has 0 spiro atoms. The molecule has 0 saturated heterocycles. The lowest BCUT2D eigenvalue weighted by Gasteiger charge is -2.11. The average molecular weight is 475 g/mol. The summed E-state index contributed by atoms with van der Waals surface area (Å²) < 4.78 is 13.2. The number of hydrogen-bond acceptors (Lipinski definition) is 6. The van der Waals surface area contributed by atoms with E-state index in [2.05, 4.69) is 21.6 Å². The van der Waals surface area contributed by atoms with Crippen molar-refractivity contribution in [2.75, 3.05) is 18.2 Å². The fourth-order valence-electron chi connectivity index (χ4n) is 3.44. The van der Waals surface area contributed by atoms with Crippen LogP contribution in [-0.4, -0.2) is 33.5 Å². The minimum absolute atomic E-state index is 0.119. The lowest BCUT2D eigenvalue weighted by Crippen LogP contribution is -2.14. The molecule has 0 fully saturated rings. The summed E-state index contributed by atoms with van der Waals surface area (Å²) in [5.74, 6) is 2.85. The van der Waals surface area contributed by atoms with Gasteiger partial charge in [0.2, 0.25) is 5.91 Å². The van der Waals surface area contributed by atoms with Crippen molar-refractivity contribution in [3.05, 3.63) is 78.4 Å². The molecular formula is C26H26N4O3S. The Morgan fingerprint density at radius 1 is 1.00 bits per heavy atom. The fraction of sp³-hybridized carbons (Fsp3) is 0.192. The highest BCUT2D eigenvalue weighted by atomic mass is 32.2. The lowest BCUT2D eigenvalue weighted by molar-refractivity contribution is -0.113. The summed E-state index contributed by atoms with van der Waals surface area (Å²) in [5.41, 5.74) is 2.87. The zero-order chi connectivity index (χ0) is 23.9. The number of carbonyl (C=O) groups excluding carboxylic acids is 1. The number of rotatable bonds is 9. The van der Waals surface area contributed by atoms with Crippen molar-refractivity contribution in [2.24, 2.45) is 0 Å². The van der Waals surface area contributed by atoms with Crippen LogP contribution in [0.2, 0.25) is 0 Å². The first-order chi connectivity index (χ1) is 16.6. The second kappa shape index (κ2) is 10.9. The van der Waals surface area contributed by atoms with Gasteiger partial charge in [-0.25, -0.2) is 0 Å². The number of para-hydroxylation sites is 2. The molecule has 0 radical (unpaired) electrons. The molecule has 0 aliphatic rings. The van der Waals surface area contributed by atoms with E-state index >= 15 is 0 Å². The molecule has 8 heteroatoms. The molecule has 3 aromatic carbocycles. The van der Waals surface area contributed by atoms with Gasteiger partial charge in [0.1, 0.15) is 5.75 Å². The van der Waals surface area contributed by atoms with E-state index in [9.17, 15) is 4.79 Å². The van der Waals surface area contributed by atoms with E-state index in [4.69, 9.17) is 9.47 Å². The van der Waals surface area contributed by atoms with Gasteiger partial charge in [-0.05, 0) is 56.3 Å². The number of methoxy groups -OCH3 is 1. The smallest absolute Gasteiger partial charge is 0.234 e. The Kier molecular flexibility index (Phi) is 7.49. The van der Waals surface area contributed by atoms with Gasteiger partial charge in [0.15, 0.2) is 22.5 Å². The number of nitrogens with one attached hydrogen (secondary N) is 1. The van der Waals surface area contributed by atoms with Crippen LogP contribution in [0.25, 0.3) is 11.4 Å². The molecule has 0 aliphatic heterocycles. The number of aromatic nitrogens is 3. The number of benzene rings is 3. The van der Waals surface area contributed by atoms with Crippen LogP contribution in [0.1, 0.15) is 12.5 Å². The van der Waals surface area contributed by atoms with Crippen molar-refractivity contribution in [3.8, 4) is 28.6 Å². The largest absolute Gasteiger partial charge is 0.493 e. The Labute approximate surface area is 203 Å².